The number of halogens is 1. The second-order valence-electron chi connectivity index (χ2n) is 3.50. The molecule has 0 aliphatic rings. The third-order valence-electron chi connectivity index (χ3n) is 2.25. The Labute approximate surface area is 111 Å². The zero-order chi connectivity index (χ0) is 12.1. The standard InChI is InChI=1S/C13H12N2O2.ClH/c14-13(16)10-4-6-12(7-5-10)17-9-11-3-1-2-8-15-11;/h1-8H,9H2,(H2,14,16);1H. The van der Waals surface area contributed by atoms with Crippen molar-refractivity contribution in [2.75, 3.05) is 0 Å². The van der Waals surface area contributed by atoms with E-state index < -0.39 is 5.91 Å². The number of pyridine rings is 1. The molecule has 2 aromatic rings. The van der Waals surface area contributed by atoms with Gasteiger partial charge in [-0.15, -0.1) is 12.4 Å². The first-order valence-corrected chi connectivity index (χ1v) is 5.18. The van der Waals surface area contributed by atoms with Crippen molar-refractivity contribution in [3.63, 3.8) is 0 Å². The molecule has 0 spiro atoms. The fraction of sp³-hybridized carbons (Fsp3) is 0.0769. The number of ether oxygens (including phenoxy) is 1. The molecule has 0 aliphatic carbocycles. The molecular weight excluding hydrogens is 252 g/mol. The summed E-state index contributed by atoms with van der Waals surface area (Å²) in [4.78, 5) is 15.0. The molecule has 0 aliphatic heterocycles. The molecule has 0 radical (unpaired) electrons. The quantitative estimate of drug-likeness (QED) is 0.920. The monoisotopic (exact) mass is 264 g/mol. The molecule has 0 saturated carbocycles. The minimum Gasteiger partial charge on any atom is -0.487 e. The molecule has 2 N–H and O–H groups in total. The second-order valence-corrected chi connectivity index (χ2v) is 3.50. The zero-order valence-electron chi connectivity index (χ0n) is 9.58. The first-order valence-electron chi connectivity index (χ1n) is 5.18. The Balaban J connectivity index is 0.00000162. The first kappa shape index (κ1) is 14.0. The minimum absolute atomic E-state index is 0. The number of benzene rings is 1. The number of carbonyl (C=O) groups excluding carboxylic acids is 1. The summed E-state index contributed by atoms with van der Waals surface area (Å²) in [7, 11) is 0. The SMILES string of the molecule is Cl.NC(=O)c1ccc(OCc2ccccn2)cc1. The Morgan fingerprint density at radius 3 is 2.44 bits per heavy atom. The van der Waals surface area contributed by atoms with Gasteiger partial charge in [-0.05, 0) is 36.4 Å². The molecule has 5 heteroatoms. The molecule has 94 valence electrons. The summed E-state index contributed by atoms with van der Waals surface area (Å²) in [6.07, 6.45) is 1.72. The van der Waals surface area contributed by atoms with Gasteiger partial charge in [-0.2, -0.15) is 0 Å². The van der Waals surface area contributed by atoms with Gasteiger partial charge in [0.05, 0.1) is 5.69 Å². The molecule has 0 bridgehead atoms. The van der Waals surface area contributed by atoms with Crippen molar-refractivity contribution >= 4 is 18.3 Å². The maximum Gasteiger partial charge on any atom is 0.248 e. The van der Waals surface area contributed by atoms with Crippen molar-refractivity contribution in [2.45, 2.75) is 6.61 Å². The number of hydrogen-bond acceptors (Lipinski definition) is 3. The summed E-state index contributed by atoms with van der Waals surface area (Å²) in [6.45, 7) is 0.400. The van der Waals surface area contributed by atoms with Crippen LogP contribution in [-0.4, -0.2) is 10.9 Å². The van der Waals surface area contributed by atoms with E-state index in [1.807, 2.05) is 18.2 Å². The van der Waals surface area contributed by atoms with Crippen molar-refractivity contribution < 1.29 is 9.53 Å². The van der Waals surface area contributed by atoms with Gasteiger partial charge in [0.1, 0.15) is 12.4 Å². The largest absolute Gasteiger partial charge is 0.487 e. The van der Waals surface area contributed by atoms with Crippen molar-refractivity contribution in [3.05, 3.63) is 59.9 Å². The Bertz CT molecular complexity index is 500. The van der Waals surface area contributed by atoms with Gasteiger partial charge in [-0.1, -0.05) is 6.07 Å². The Hall–Kier alpha value is -2.07. The highest BCUT2D eigenvalue weighted by molar-refractivity contribution is 5.92. The van der Waals surface area contributed by atoms with Gasteiger partial charge in [-0.3, -0.25) is 9.78 Å². The predicted molar refractivity (Wildman–Crippen MR) is 70.8 cm³/mol. The molecule has 1 aromatic heterocycles. The smallest absolute Gasteiger partial charge is 0.248 e. The average Bonchev–Trinajstić information content (AvgIpc) is 2.38. The first-order chi connectivity index (χ1) is 8.25. The Morgan fingerprint density at radius 1 is 1.17 bits per heavy atom. The van der Waals surface area contributed by atoms with Crippen LogP contribution in [-0.2, 0) is 6.61 Å². The van der Waals surface area contributed by atoms with Crippen LogP contribution in [0.1, 0.15) is 16.1 Å². The van der Waals surface area contributed by atoms with Crippen LogP contribution in [0.5, 0.6) is 5.75 Å². The van der Waals surface area contributed by atoms with E-state index in [4.69, 9.17) is 10.5 Å². The molecule has 1 amide bonds. The molecular formula is C13H13ClN2O2. The van der Waals surface area contributed by atoms with E-state index in [9.17, 15) is 4.79 Å². The van der Waals surface area contributed by atoms with Gasteiger partial charge < -0.3 is 10.5 Å². The van der Waals surface area contributed by atoms with E-state index in [0.717, 1.165) is 5.69 Å². The zero-order valence-corrected chi connectivity index (χ0v) is 10.4. The lowest BCUT2D eigenvalue weighted by Crippen LogP contribution is -2.10. The summed E-state index contributed by atoms with van der Waals surface area (Å²) in [6, 6.07) is 12.3. The van der Waals surface area contributed by atoms with Crippen LogP contribution in [0.2, 0.25) is 0 Å². The van der Waals surface area contributed by atoms with E-state index >= 15 is 0 Å². The van der Waals surface area contributed by atoms with Crippen molar-refractivity contribution in [1.29, 1.82) is 0 Å². The molecule has 0 unspecified atom stereocenters. The van der Waals surface area contributed by atoms with Crippen LogP contribution in [0.3, 0.4) is 0 Å². The van der Waals surface area contributed by atoms with E-state index in [1.54, 1.807) is 30.5 Å². The van der Waals surface area contributed by atoms with Crippen LogP contribution in [0.15, 0.2) is 48.7 Å². The molecule has 4 nitrogen and oxygen atoms in total. The highest BCUT2D eigenvalue weighted by Gasteiger charge is 2.00. The van der Waals surface area contributed by atoms with Crippen LogP contribution >= 0.6 is 12.4 Å². The van der Waals surface area contributed by atoms with E-state index in [-0.39, 0.29) is 12.4 Å². The van der Waals surface area contributed by atoms with Crippen LogP contribution in [0, 0.1) is 0 Å². The third-order valence-corrected chi connectivity index (χ3v) is 2.25. The van der Waals surface area contributed by atoms with Gasteiger partial charge in [0.25, 0.3) is 0 Å². The lowest BCUT2D eigenvalue weighted by Gasteiger charge is -2.05. The average molecular weight is 265 g/mol. The molecule has 2 rings (SSSR count). The summed E-state index contributed by atoms with van der Waals surface area (Å²) in [5, 5.41) is 0. The van der Waals surface area contributed by atoms with Crippen molar-refractivity contribution in [2.24, 2.45) is 5.73 Å². The van der Waals surface area contributed by atoms with Gasteiger partial charge in [0.2, 0.25) is 5.91 Å². The number of hydrogen-bond donors (Lipinski definition) is 1. The molecule has 0 fully saturated rings. The van der Waals surface area contributed by atoms with E-state index in [1.165, 1.54) is 0 Å². The van der Waals surface area contributed by atoms with Crippen LogP contribution in [0.25, 0.3) is 0 Å². The summed E-state index contributed by atoms with van der Waals surface area (Å²) in [5.74, 6) is 0.238. The molecule has 0 saturated heterocycles. The van der Waals surface area contributed by atoms with Crippen molar-refractivity contribution in [1.82, 2.24) is 4.98 Å². The fourth-order valence-electron chi connectivity index (χ4n) is 1.36. The summed E-state index contributed by atoms with van der Waals surface area (Å²) in [5.41, 5.74) is 6.46. The highest BCUT2D eigenvalue weighted by atomic mass is 35.5. The fourth-order valence-corrected chi connectivity index (χ4v) is 1.36. The number of amides is 1. The highest BCUT2D eigenvalue weighted by Crippen LogP contribution is 2.13. The van der Waals surface area contributed by atoms with Crippen LogP contribution < -0.4 is 10.5 Å². The lowest BCUT2D eigenvalue weighted by molar-refractivity contribution is 0.100. The van der Waals surface area contributed by atoms with Gasteiger partial charge >= 0.3 is 0 Å². The van der Waals surface area contributed by atoms with E-state index in [2.05, 4.69) is 4.98 Å². The Kier molecular flexibility index (Phi) is 5.14. The second kappa shape index (κ2) is 6.61. The number of aromatic nitrogens is 1. The number of carbonyl (C=O) groups is 1. The van der Waals surface area contributed by atoms with E-state index in [0.29, 0.717) is 17.9 Å². The third kappa shape index (κ3) is 3.75. The Morgan fingerprint density at radius 2 is 1.89 bits per heavy atom. The minimum atomic E-state index is -0.443. The number of nitrogens with two attached hydrogens (primary N) is 1. The molecule has 1 aromatic carbocycles. The van der Waals surface area contributed by atoms with Crippen molar-refractivity contribution in [3.8, 4) is 5.75 Å². The molecule has 18 heavy (non-hydrogen) atoms. The topological polar surface area (TPSA) is 65.2 Å². The van der Waals surface area contributed by atoms with Gasteiger partial charge in [0.15, 0.2) is 0 Å². The maximum absolute atomic E-state index is 10.9. The number of nitrogens with zero attached hydrogens (tertiary/aromatic N) is 1. The number of primary amides is 1. The van der Waals surface area contributed by atoms with Crippen LogP contribution in [0.4, 0.5) is 0 Å². The number of rotatable bonds is 4. The maximum atomic E-state index is 10.9. The summed E-state index contributed by atoms with van der Waals surface area (Å²) < 4.78 is 5.51. The van der Waals surface area contributed by atoms with Gasteiger partial charge in [0, 0.05) is 11.8 Å². The normalized spacial score (nSPS) is 9.33. The molecule has 0 atom stereocenters. The predicted octanol–water partition coefficient (Wildman–Crippen LogP) is 2.18. The molecule has 1 heterocycles. The van der Waals surface area contributed by atoms with Gasteiger partial charge in [-0.25, -0.2) is 0 Å². The summed E-state index contributed by atoms with van der Waals surface area (Å²) >= 11 is 0. The lowest BCUT2D eigenvalue weighted by atomic mass is 10.2.